The molecule has 1 fully saturated rings. The molecule has 0 aromatic heterocycles. The van der Waals surface area contributed by atoms with Crippen molar-refractivity contribution in [3.05, 3.63) is 208 Å². The first-order valence-corrected chi connectivity index (χ1v) is 24.5. The topological polar surface area (TPSA) is 3.24 Å². The van der Waals surface area contributed by atoms with E-state index < -0.39 is 5.41 Å². The largest absolute Gasteiger partial charge is 0.310 e. The molecule has 1 nitrogen and oxygen atoms in total. The summed E-state index contributed by atoms with van der Waals surface area (Å²) in [4.78, 5) is 2.49. The van der Waals surface area contributed by atoms with Gasteiger partial charge >= 0.3 is 0 Å². The standard InChI is InChI=1S/C63H69N/c1-9-16-44(10-2)46-21-23-47(24-22-46)49-27-39-55(40-28-49)64(54-37-25-48(26-38-54)45-17-12-11-13-18-45)56-41-42-58-57-19-14-15-20-59(57)63(60(58)43-56,52-33-29-50(30-34-52)61(3,4)5)53-35-31-51(32-36-53)62(6,7)8/h14-15,19-45H,9-13,16-18H2,1-8H3. The van der Waals surface area contributed by atoms with Crippen molar-refractivity contribution < 1.29 is 0 Å². The number of hydrogen-bond acceptors (Lipinski definition) is 1. The minimum Gasteiger partial charge on any atom is -0.310 e. The zero-order valence-corrected chi connectivity index (χ0v) is 39.8. The van der Waals surface area contributed by atoms with Gasteiger partial charge in [0.25, 0.3) is 0 Å². The molecule has 2 aliphatic rings. The van der Waals surface area contributed by atoms with Crippen molar-refractivity contribution in [1.29, 1.82) is 0 Å². The molecule has 7 aromatic carbocycles. The molecule has 0 amide bonds. The van der Waals surface area contributed by atoms with Gasteiger partial charge < -0.3 is 4.90 Å². The second-order valence-electron chi connectivity index (χ2n) is 21.0. The maximum atomic E-state index is 2.52. The summed E-state index contributed by atoms with van der Waals surface area (Å²) in [6, 6.07) is 63.8. The average molecular weight is 840 g/mol. The lowest BCUT2D eigenvalue weighted by atomic mass is 9.67. The molecule has 0 heterocycles. The van der Waals surface area contributed by atoms with Gasteiger partial charge in [0.2, 0.25) is 0 Å². The molecule has 0 aliphatic heterocycles. The fourth-order valence-corrected chi connectivity index (χ4v) is 11.1. The number of benzene rings is 7. The Kier molecular flexibility index (Phi) is 12.1. The molecule has 1 atom stereocenters. The van der Waals surface area contributed by atoms with Gasteiger partial charge in [0.05, 0.1) is 5.41 Å². The molecule has 0 N–H and O–H groups in total. The molecular formula is C63H69N. The first kappa shape index (κ1) is 43.6. The highest BCUT2D eigenvalue weighted by atomic mass is 15.1. The van der Waals surface area contributed by atoms with Crippen LogP contribution >= 0.6 is 0 Å². The van der Waals surface area contributed by atoms with Crippen molar-refractivity contribution in [3.8, 4) is 22.3 Å². The quantitative estimate of drug-likeness (QED) is 0.125. The summed E-state index contributed by atoms with van der Waals surface area (Å²) in [5.74, 6) is 1.29. The monoisotopic (exact) mass is 840 g/mol. The Morgan fingerprint density at radius 3 is 1.55 bits per heavy atom. The summed E-state index contributed by atoms with van der Waals surface area (Å²) in [5, 5.41) is 0. The minimum atomic E-state index is -0.519. The molecule has 1 saturated carbocycles. The van der Waals surface area contributed by atoms with Crippen LogP contribution in [0, 0.1) is 0 Å². The fraction of sp³-hybridized carbons (Fsp3) is 0.333. The van der Waals surface area contributed by atoms with Crippen LogP contribution in [-0.2, 0) is 16.2 Å². The summed E-state index contributed by atoms with van der Waals surface area (Å²) < 4.78 is 0. The first-order valence-electron chi connectivity index (χ1n) is 24.5. The predicted molar refractivity (Wildman–Crippen MR) is 275 cm³/mol. The molecule has 1 unspecified atom stereocenters. The van der Waals surface area contributed by atoms with Gasteiger partial charge in [-0.3, -0.25) is 0 Å². The molecule has 7 aromatic rings. The average Bonchev–Trinajstić information content (AvgIpc) is 3.61. The zero-order valence-electron chi connectivity index (χ0n) is 39.8. The van der Waals surface area contributed by atoms with Gasteiger partial charge in [-0.1, -0.05) is 208 Å². The Morgan fingerprint density at radius 1 is 0.516 bits per heavy atom. The van der Waals surface area contributed by atoms with Crippen LogP contribution in [0.3, 0.4) is 0 Å². The van der Waals surface area contributed by atoms with Crippen molar-refractivity contribution in [1.82, 2.24) is 0 Å². The molecule has 0 spiro atoms. The van der Waals surface area contributed by atoms with Gasteiger partial charge in [-0.05, 0) is 152 Å². The summed E-state index contributed by atoms with van der Waals surface area (Å²) in [6.07, 6.45) is 10.3. The van der Waals surface area contributed by atoms with E-state index in [0.717, 1.165) is 11.4 Å². The van der Waals surface area contributed by atoms with Crippen LogP contribution in [0.1, 0.15) is 163 Å². The summed E-state index contributed by atoms with van der Waals surface area (Å²) >= 11 is 0. The second-order valence-corrected chi connectivity index (χ2v) is 21.0. The van der Waals surface area contributed by atoms with Gasteiger partial charge in [0.1, 0.15) is 0 Å². The van der Waals surface area contributed by atoms with Gasteiger partial charge in [0.15, 0.2) is 0 Å². The maximum Gasteiger partial charge on any atom is 0.0714 e. The molecule has 0 bridgehead atoms. The van der Waals surface area contributed by atoms with E-state index in [1.165, 1.54) is 124 Å². The van der Waals surface area contributed by atoms with E-state index in [9.17, 15) is 0 Å². The van der Waals surface area contributed by atoms with Gasteiger partial charge in [-0.25, -0.2) is 0 Å². The van der Waals surface area contributed by atoms with E-state index in [2.05, 4.69) is 224 Å². The molecular weight excluding hydrogens is 771 g/mol. The Labute approximate surface area is 385 Å². The van der Waals surface area contributed by atoms with E-state index in [-0.39, 0.29) is 10.8 Å². The third-order valence-electron chi connectivity index (χ3n) is 14.9. The van der Waals surface area contributed by atoms with Crippen molar-refractivity contribution in [2.75, 3.05) is 4.90 Å². The summed E-state index contributed by atoms with van der Waals surface area (Å²) in [5.41, 5.74) is 19.1. The Bertz CT molecular complexity index is 2600. The number of nitrogens with zero attached hydrogens (tertiary/aromatic N) is 1. The van der Waals surface area contributed by atoms with E-state index in [1.54, 1.807) is 0 Å². The van der Waals surface area contributed by atoms with E-state index in [1.807, 2.05) is 0 Å². The fourth-order valence-electron chi connectivity index (χ4n) is 11.1. The highest BCUT2D eigenvalue weighted by Gasteiger charge is 2.46. The minimum absolute atomic E-state index is 0.0531. The van der Waals surface area contributed by atoms with Crippen LogP contribution in [0.5, 0.6) is 0 Å². The van der Waals surface area contributed by atoms with Crippen molar-refractivity contribution in [2.24, 2.45) is 0 Å². The molecule has 2 aliphatic carbocycles. The normalized spacial score (nSPS) is 15.4. The highest BCUT2D eigenvalue weighted by molar-refractivity contribution is 5.89. The van der Waals surface area contributed by atoms with Gasteiger partial charge in [-0.15, -0.1) is 0 Å². The third kappa shape index (κ3) is 8.17. The summed E-state index contributed by atoms with van der Waals surface area (Å²) in [7, 11) is 0. The maximum absolute atomic E-state index is 2.52. The van der Waals surface area contributed by atoms with Gasteiger partial charge in [0, 0.05) is 17.1 Å². The molecule has 0 saturated heterocycles. The first-order chi connectivity index (χ1) is 30.9. The molecule has 0 radical (unpaired) electrons. The van der Waals surface area contributed by atoms with E-state index in [4.69, 9.17) is 0 Å². The Balaban J connectivity index is 1.21. The Morgan fingerprint density at radius 2 is 1.02 bits per heavy atom. The summed E-state index contributed by atoms with van der Waals surface area (Å²) in [6.45, 7) is 18.5. The SMILES string of the molecule is CCCC(CC)c1ccc(-c2ccc(N(c3ccc(C4CCCCC4)cc3)c3ccc4c(c3)C(c3ccc(C(C)(C)C)cc3)(c3ccc(C(C)(C)C)cc3)c3ccccc3-4)cc2)cc1. The van der Waals surface area contributed by atoms with Crippen LogP contribution in [0.25, 0.3) is 22.3 Å². The van der Waals surface area contributed by atoms with E-state index >= 15 is 0 Å². The lowest BCUT2D eigenvalue weighted by Crippen LogP contribution is -2.29. The Hall–Kier alpha value is -5.66. The second kappa shape index (κ2) is 17.7. The molecule has 1 heteroatoms. The van der Waals surface area contributed by atoms with Crippen LogP contribution < -0.4 is 4.90 Å². The van der Waals surface area contributed by atoms with Crippen LogP contribution in [0.4, 0.5) is 17.1 Å². The lowest BCUT2D eigenvalue weighted by molar-refractivity contribution is 0.443. The number of fused-ring (bicyclic) bond motifs is 3. The van der Waals surface area contributed by atoms with Crippen LogP contribution in [0.2, 0.25) is 0 Å². The molecule has 326 valence electrons. The predicted octanol–water partition coefficient (Wildman–Crippen LogP) is 18.1. The zero-order chi connectivity index (χ0) is 44.6. The number of anilines is 3. The molecule has 9 rings (SSSR count). The van der Waals surface area contributed by atoms with E-state index in [0.29, 0.717) is 11.8 Å². The molecule has 64 heavy (non-hydrogen) atoms. The van der Waals surface area contributed by atoms with Crippen molar-refractivity contribution in [2.45, 2.75) is 135 Å². The van der Waals surface area contributed by atoms with Crippen LogP contribution in [-0.4, -0.2) is 0 Å². The van der Waals surface area contributed by atoms with Gasteiger partial charge in [-0.2, -0.15) is 0 Å². The number of hydrogen-bond donors (Lipinski definition) is 0. The smallest absolute Gasteiger partial charge is 0.0714 e. The van der Waals surface area contributed by atoms with Crippen LogP contribution in [0.15, 0.2) is 164 Å². The third-order valence-corrected chi connectivity index (χ3v) is 14.9. The number of rotatable bonds is 11. The van der Waals surface area contributed by atoms with Crippen molar-refractivity contribution >= 4 is 17.1 Å². The highest BCUT2D eigenvalue weighted by Crippen LogP contribution is 2.57. The van der Waals surface area contributed by atoms with Crippen molar-refractivity contribution in [3.63, 3.8) is 0 Å². The lowest BCUT2D eigenvalue weighted by Gasteiger charge is -2.36.